The Hall–Kier alpha value is -1.64. The minimum absolute atomic E-state index is 0. The summed E-state index contributed by atoms with van der Waals surface area (Å²) in [6.07, 6.45) is 20.1. The highest BCUT2D eigenvalue weighted by Crippen LogP contribution is 2.59. The molecule has 0 saturated heterocycles. The van der Waals surface area contributed by atoms with E-state index in [1.54, 1.807) is 16.7 Å². The smallest absolute Gasteiger partial charge is 0.000186 e. The van der Waals surface area contributed by atoms with Gasteiger partial charge in [-0.05, 0) is 92.9 Å². The Morgan fingerprint density at radius 3 is 2.52 bits per heavy atom. The van der Waals surface area contributed by atoms with Gasteiger partial charge in [-0.15, -0.1) is 0 Å². The van der Waals surface area contributed by atoms with Crippen molar-refractivity contribution in [2.75, 3.05) is 6.54 Å². The Bertz CT molecular complexity index is 748. The molecule has 4 aliphatic rings. The van der Waals surface area contributed by atoms with Gasteiger partial charge in [0, 0.05) is 5.92 Å². The summed E-state index contributed by atoms with van der Waals surface area (Å²) < 4.78 is 0. The highest BCUT2D eigenvalue weighted by atomic mass is 16.0. The third-order valence-electron chi connectivity index (χ3n) is 6.85. The van der Waals surface area contributed by atoms with E-state index in [1.807, 2.05) is 6.92 Å². The summed E-state index contributed by atoms with van der Waals surface area (Å²) >= 11 is 0. The molecule has 0 spiro atoms. The third kappa shape index (κ3) is 5.49. The van der Waals surface area contributed by atoms with E-state index in [1.165, 1.54) is 24.0 Å². The lowest BCUT2D eigenvalue weighted by molar-refractivity contribution is 0.663. The summed E-state index contributed by atoms with van der Waals surface area (Å²) in [5.41, 5.74) is 13.3. The van der Waals surface area contributed by atoms with E-state index in [4.69, 9.17) is 5.73 Å². The number of hydrogen-bond acceptors (Lipinski definition) is 1. The van der Waals surface area contributed by atoms with Crippen LogP contribution in [0.5, 0.6) is 0 Å². The van der Waals surface area contributed by atoms with Crippen LogP contribution < -0.4 is 5.73 Å². The van der Waals surface area contributed by atoms with E-state index in [0.717, 1.165) is 49.5 Å². The normalized spacial score (nSPS) is 29.6. The van der Waals surface area contributed by atoms with Gasteiger partial charge in [-0.1, -0.05) is 68.0 Å². The SMILES string of the molecule is C=C(CC)C(CC)/C(C)=C/C=C\C.NCCC1=CC2CC2C2=CC3CC3C=C12.O. The van der Waals surface area contributed by atoms with Crippen LogP contribution in [0.2, 0.25) is 0 Å². The molecule has 0 aromatic carbocycles. The van der Waals surface area contributed by atoms with Gasteiger partial charge in [0.05, 0.1) is 0 Å². The van der Waals surface area contributed by atoms with Crippen LogP contribution >= 0.6 is 0 Å². The molecule has 0 bridgehead atoms. The molecule has 0 radical (unpaired) electrons. The molecule has 5 unspecified atom stereocenters. The van der Waals surface area contributed by atoms with Crippen LogP contribution in [0.25, 0.3) is 0 Å². The summed E-state index contributed by atoms with van der Waals surface area (Å²) in [5.74, 6) is 4.10. The minimum Gasteiger partial charge on any atom is -0.412 e. The maximum atomic E-state index is 5.70. The highest BCUT2D eigenvalue weighted by Gasteiger charge is 2.47. The molecule has 4 rings (SSSR count). The fraction of sp³-hybridized carbons (Fsp3) is 0.556. The summed E-state index contributed by atoms with van der Waals surface area (Å²) in [6.45, 7) is 13.5. The van der Waals surface area contributed by atoms with Crippen molar-refractivity contribution in [1.29, 1.82) is 0 Å². The van der Waals surface area contributed by atoms with Gasteiger partial charge in [0.1, 0.15) is 0 Å². The molecule has 2 heteroatoms. The summed E-state index contributed by atoms with van der Waals surface area (Å²) in [4.78, 5) is 0. The first-order valence-electron chi connectivity index (χ1n) is 11.4. The fourth-order valence-electron chi connectivity index (χ4n) is 4.89. The van der Waals surface area contributed by atoms with Crippen LogP contribution in [0.3, 0.4) is 0 Å². The molecule has 2 saturated carbocycles. The first-order valence-corrected chi connectivity index (χ1v) is 11.4. The molecule has 160 valence electrons. The van der Waals surface area contributed by atoms with Crippen molar-refractivity contribution < 1.29 is 5.48 Å². The zero-order valence-electron chi connectivity index (χ0n) is 18.9. The van der Waals surface area contributed by atoms with Gasteiger partial charge in [0.2, 0.25) is 0 Å². The molecule has 4 N–H and O–H groups in total. The Labute approximate surface area is 178 Å². The van der Waals surface area contributed by atoms with Gasteiger partial charge in [0.15, 0.2) is 0 Å². The van der Waals surface area contributed by atoms with Gasteiger partial charge < -0.3 is 11.2 Å². The van der Waals surface area contributed by atoms with Crippen LogP contribution in [0.4, 0.5) is 0 Å². The molecule has 4 aliphatic carbocycles. The van der Waals surface area contributed by atoms with Crippen molar-refractivity contribution in [3.63, 3.8) is 0 Å². The van der Waals surface area contributed by atoms with Gasteiger partial charge in [-0.25, -0.2) is 0 Å². The van der Waals surface area contributed by atoms with E-state index < -0.39 is 0 Å². The van der Waals surface area contributed by atoms with Crippen molar-refractivity contribution in [2.24, 2.45) is 35.3 Å². The zero-order valence-corrected chi connectivity index (χ0v) is 18.9. The molecular formula is C27H41NO. The standard InChI is InChI=1S/C14H17N.C13H22.H2O/c15-2-1-8-3-11-7-13(11)14-6-10-4-9(10)5-12(8)14;1-6-9-10-12(5)13(8-3)11(4)7-2;/h3,5-6,9-11,13H,1-2,4,7,15H2;6,9-10,13H,4,7-8H2,1-3,5H3;1H2/b;9-6-,12-10+;. The van der Waals surface area contributed by atoms with E-state index in [2.05, 4.69) is 63.8 Å². The molecule has 0 aromatic rings. The maximum Gasteiger partial charge on any atom is 0.000186 e. The Morgan fingerprint density at radius 1 is 1.17 bits per heavy atom. The predicted octanol–water partition coefficient (Wildman–Crippen LogP) is 6.09. The molecule has 0 aromatic heterocycles. The topological polar surface area (TPSA) is 57.5 Å². The summed E-state index contributed by atoms with van der Waals surface area (Å²) in [7, 11) is 0. The first-order chi connectivity index (χ1) is 13.5. The average molecular weight is 396 g/mol. The lowest BCUT2D eigenvalue weighted by atomic mass is 9.83. The maximum absolute atomic E-state index is 5.70. The number of rotatable bonds is 7. The third-order valence-corrected chi connectivity index (χ3v) is 6.85. The Balaban J connectivity index is 0.000000204. The zero-order chi connectivity index (χ0) is 20.3. The van der Waals surface area contributed by atoms with E-state index >= 15 is 0 Å². The van der Waals surface area contributed by atoms with Gasteiger partial charge >= 0.3 is 0 Å². The Morgan fingerprint density at radius 2 is 1.90 bits per heavy atom. The van der Waals surface area contributed by atoms with Crippen LogP contribution in [-0.4, -0.2) is 12.0 Å². The molecule has 0 aliphatic heterocycles. The number of allylic oxidation sites excluding steroid dienone is 10. The van der Waals surface area contributed by atoms with E-state index in [0.29, 0.717) is 5.92 Å². The molecule has 2 nitrogen and oxygen atoms in total. The second-order valence-corrected chi connectivity index (χ2v) is 8.91. The largest absolute Gasteiger partial charge is 0.412 e. The average Bonchev–Trinajstić information content (AvgIpc) is 3.60. The number of fused-ring (bicyclic) bond motifs is 4. The van der Waals surface area contributed by atoms with Crippen molar-refractivity contribution in [3.8, 4) is 0 Å². The second-order valence-electron chi connectivity index (χ2n) is 8.91. The van der Waals surface area contributed by atoms with Crippen LogP contribution in [0.15, 0.2) is 70.9 Å². The van der Waals surface area contributed by atoms with Crippen LogP contribution in [0, 0.1) is 29.6 Å². The van der Waals surface area contributed by atoms with E-state index in [-0.39, 0.29) is 5.48 Å². The molecule has 5 atom stereocenters. The van der Waals surface area contributed by atoms with E-state index in [9.17, 15) is 0 Å². The van der Waals surface area contributed by atoms with Crippen molar-refractivity contribution in [3.05, 3.63) is 70.9 Å². The second kappa shape index (κ2) is 10.4. The summed E-state index contributed by atoms with van der Waals surface area (Å²) in [5, 5.41) is 0. The van der Waals surface area contributed by atoms with Crippen molar-refractivity contribution in [2.45, 2.75) is 59.8 Å². The lowest BCUT2D eigenvalue weighted by Gasteiger charge is -2.22. The lowest BCUT2D eigenvalue weighted by Crippen LogP contribution is -2.10. The minimum atomic E-state index is 0. The van der Waals surface area contributed by atoms with Crippen LogP contribution in [0.1, 0.15) is 59.8 Å². The van der Waals surface area contributed by atoms with Crippen molar-refractivity contribution >= 4 is 0 Å². The molecule has 2 fully saturated rings. The van der Waals surface area contributed by atoms with Gasteiger partial charge in [-0.2, -0.15) is 0 Å². The quantitative estimate of drug-likeness (QED) is 0.411. The monoisotopic (exact) mass is 395 g/mol. The Kier molecular flexibility index (Phi) is 8.48. The van der Waals surface area contributed by atoms with Crippen molar-refractivity contribution in [1.82, 2.24) is 0 Å². The first kappa shape index (κ1) is 23.6. The number of hydrogen-bond donors (Lipinski definition) is 1. The molecular weight excluding hydrogens is 354 g/mol. The van der Waals surface area contributed by atoms with Gasteiger partial charge in [0.25, 0.3) is 0 Å². The molecule has 0 heterocycles. The van der Waals surface area contributed by atoms with Gasteiger partial charge in [-0.3, -0.25) is 0 Å². The summed E-state index contributed by atoms with van der Waals surface area (Å²) in [6, 6.07) is 0. The molecule has 0 amide bonds. The molecule has 29 heavy (non-hydrogen) atoms. The number of nitrogens with two attached hydrogens (primary N) is 1. The fourth-order valence-corrected chi connectivity index (χ4v) is 4.89. The predicted molar refractivity (Wildman–Crippen MR) is 127 cm³/mol. The highest BCUT2D eigenvalue weighted by molar-refractivity contribution is 5.57. The van der Waals surface area contributed by atoms with Crippen LogP contribution in [-0.2, 0) is 0 Å².